The van der Waals surface area contributed by atoms with Gasteiger partial charge in [0.2, 0.25) is 0 Å². The first-order valence-electron chi connectivity index (χ1n) is 15.0. The standard InChI is InChI=1S/C39H44N2/c1-9-11-36-26-41(8)37(40-36)30-13-10-12-29(22-30)33-24-31(27-14-18-34(19-15-27)38(2,3)4)23-32(25-33)28-16-20-35(21-17-28)39(5,6)7/h10,12-26H,9,11H2,1-8H3/p+1. The molecule has 0 aliphatic carbocycles. The number of aryl methyl sites for hydroxylation is 2. The summed E-state index contributed by atoms with van der Waals surface area (Å²) >= 11 is 0. The largest absolute Gasteiger partial charge is 0.286 e. The van der Waals surface area contributed by atoms with Crippen LogP contribution in [0.25, 0.3) is 44.8 Å². The van der Waals surface area contributed by atoms with Crippen LogP contribution in [0.5, 0.6) is 0 Å². The van der Waals surface area contributed by atoms with Crippen molar-refractivity contribution < 1.29 is 4.57 Å². The van der Waals surface area contributed by atoms with E-state index >= 15 is 0 Å². The minimum Gasteiger partial charge on any atom is -0.241 e. The molecule has 2 heteroatoms. The van der Waals surface area contributed by atoms with E-state index in [2.05, 4.69) is 162 Å². The van der Waals surface area contributed by atoms with Crippen LogP contribution in [0, 0.1) is 0 Å². The molecule has 0 bridgehead atoms. The van der Waals surface area contributed by atoms with E-state index in [4.69, 9.17) is 0 Å². The molecule has 0 atom stereocenters. The predicted octanol–water partition coefficient (Wildman–Crippen LogP) is 10.1. The number of nitrogens with zero attached hydrogens (tertiary/aromatic N) is 1. The van der Waals surface area contributed by atoms with Gasteiger partial charge in [-0.05, 0) is 92.1 Å². The average molecular weight is 542 g/mol. The minimum atomic E-state index is 0.131. The molecule has 41 heavy (non-hydrogen) atoms. The van der Waals surface area contributed by atoms with Gasteiger partial charge in [-0.3, -0.25) is 0 Å². The molecule has 0 aliphatic rings. The Bertz CT molecular complexity index is 1560. The summed E-state index contributed by atoms with van der Waals surface area (Å²) in [5, 5.41) is 0. The summed E-state index contributed by atoms with van der Waals surface area (Å²) in [5.74, 6) is 1.14. The fourth-order valence-corrected chi connectivity index (χ4v) is 5.54. The van der Waals surface area contributed by atoms with Crippen molar-refractivity contribution in [2.24, 2.45) is 7.05 Å². The van der Waals surface area contributed by atoms with Crippen LogP contribution >= 0.6 is 0 Å². The highest BCUT2D eigenvalue weighted by atomic mass is 15.0. The zero-order valence-corrected chi connectivity index (χ0v) is 26.1. The molecule has 0 amide bonds. The molecule has 5 rings (SSSR count). The van der Waals surface area contributed by atoms with Crippen molar-refractivity contribution in [3.63, 3.8) is 0 Å². The van der Waals surface area contributed by atoms with Crippen molar-refractivity contribution in [1.82, 2.24) is 4.98 Å². The summed E-state index contributed by atoms with van der Waals surface area (Å²) in [7, 11) is 2.12. The van der Waals surface area contributed by atoms with E-state index in [0.717, 1.165) is 18.7 Å². The molecule has 0 radical (unpaired) electrons. The number of aromatic amines is 1. The maximum absolute atomic E-state index is 3.65. The van der Waals surface area contributed by atoms with Crippen LogP contribution in [-0.4, -0.2) is 4.98 Å². The molecule has 1 aromatic heterocycles. The monoisotopic (exact) mass is 541 g/mol. The van der Waals surface area contributed by atoms with E-state index in [0.29, 0.717) is 0 Å². The second-order valence-corrected chi connectivity index (χ2v) is 13.5. The molecule has 2 nitrogen and oxygen atoms in total. The normalized spacial score (nSPS) is 12.1. The second-order valence-electron chi connectivity index (χ2n) is 13.5. The zero-order valence-electron chi connectivity index (χ0n) is 26.1. The Hall–Kier alpha value is -3.91. The molecule has 210 valence electrons. The van der Waals surface area contributed by atoms with Crippen LogP contribution in [0.3, 0.4) is 0 Å². The van der Waals surface area contributed by atoms with E-state index in [1.807, 2.05) is 0 Å². The van der Waals surface area contributed by atoms with Gasteiger partial charge in [0.15, 0.2) is 0 Å². The van der Waals surface area contributed by atoms with Gasteiger partial charge >= 0.3 is 0 Å². The topological polar surface area (TPSA) is 19.7 Å². The van der Waals surface area contributed by atoms with E-state index < -0.39 is 0 Å². The number of H-pyrrole nitrogens is 1. The number of hydrogen-bond donors (Lipinski definition) is 1. The Balaban J connectivity index is 1.62. The van der Waals surface area contributed by atoms with Crippen LogP contribution in [-0.2, 0) is 24.3 Å². The molecule has 0 spiro atoms. The molecule has 0 saturated carbocycles. The maximum atomic E-state index is 3.65. The van der Waals surface area contributed by atoms with E-state index in [1.165, 1.54) is 55.8 Å². The Labute approximate surface area is 247 Å². The fourth-order valence-electron chi connectivity index (χ4n) is 5.54. The second kappa shape index (κ2) is 11.2. The summed E-state index contributed by atoms with van der Waals surface area (Å²) in [5.41, 5.74) is 12.8. The van der Waals surface area contributed by atoms with Gasteiger partial charge < -0.3 is 0 Å². The van der Waals surface area contributed by atoms with Gasteiger partial charge in [0.05, 0.1) is 12.6 Å². The Morgan fingerprint density at radius 3 is 1.46 bits per heavy atom. The summed E-state index contributed by atoms with van der Waals surface area (Å²) in [6.07, 6.45) is 4.40. The lowest BCUT2D eigenvalue weighted by Gasteiger charge is -2.20. The van der Waals surface area contributed by atoms with Crippen molar-refractivity contribution >= 4 is 0 Å². The average Bonchev–Trinajstić information content (AvgIpc) is 3.32. The molecule has 0 fully saturated rings. The van der Waals surface area contributed by atoms with Crippen molar-refractivity contribution in [3.8, 4) is 44.8 Å². The lowest BCUT2D eigenvalue weighted by atomic mass is 9.85. The minimum absolute atomic E-state index is 0.131. The van der Waals surface area contributed by atoms with E-state index in [-0.39, 0.29) is 10.8 Å². The lowest BCUT2D eigenvalue weighted by molar-refractivity contribution is -0.659. The Morgan fingerprint density at radius 2 is 1.00 bits per heavy atom. The van der Waals surface area contributed by atoms with Crippen molar-refractivity contribution in [3.05, 3.63) is 114 Å². The molecule has 5 aromatic rings. The number of rotatable bonds is 6. The van der Waals surface area contributed by atoms with Gasteiger partial charge in [-0.25, -0.2) is 9.55 Å². The van der Waals surface area contributed by atoms with Crippen LogP contribution < -0.4 is 4.57 Å². The van der Waals surface area contributed by atoms with E-state index in [9.17, 15) is 0 Å². The smallest absolute Gasteiger partial charge is 0.241 e. The van der Waals surface area contributed by atoms with Crippen molar-refractivity contribution in [2.75, 3.05) is 0 Å². The molecular formula is C39H45N2+. The van der Waals surface area contributed by atoms with Gasteiger partial charge in [0.1, 0.15) is 11.9 Å². The lowest BCUT2D eigenvalue weighted by Crippen LogP contribution is -2.27. The summed E-state index contributed by atoms with van der Waals surface area (Å²) in [4.78, 5) is 3.65. The van der Waals surface area contributed by atoms with Gasteiger partial charge in [0.25, 0.3) is 5.82 Å². The predicted molar refractivity (Wildman–Crippen MR) is 175 cm³/mol. The Kier molecular flexibility index (Phi) is 7.79. The van der Waals surface area contributed by atoms with Gasteiger partial charge in [-0.15, -0.1) is 0 Å². The van der Waals surface area contributed by atoms with Gasteiger partial charge in [0, 0.05) is 6.42 Å². The quantitative estimate of drug-likeness (QED) is 0.206. The van der Waals surface area contributed by atoms with Crippen LogP contribution in [0.2, 0.25) is 0 Å². The first kappa shape index (κ1) is 28.6. The fraction of sp³-hybridized carbons (Fsp3) is 0.308. The van der Waals surface area contributed by atoms with Crippen LogP contribution in [0.15, 0.2) is 97.2 Å². The SMILES string of the molecule is CCCc1c[n+](C)c(-c2cccc(-c3cc(-c4ccc(C(C)(C)C)cc4)cc(-c4ccc(C(C)(C)C)cc4)c3)c2)[nH]1. The molecule has 0 saturated heterocycles. The van der Waals surface area contributed by atoms with Crippen molar-refractivity contribution in [2.45, 2.75) is 72.1 Å². The molecule has 0 aliphatic heterocycles. The third-order valence-electron chi connectivity index (χ3n) is 8.07. The summed E-state index contributed by atoms with van der Waals surface area (Å²) in [6, 6.07) is 34.2. The first-order chi connectivity index (χ1) is 19.4. The number of hydrogen-bond acceptors (Lipinski definition) is 0. The number of imidazole rings is 1. The molecule has 1 heterocycles. The molecule has 4 aromatic carbocycles. The third-order valence-corrected chi connectivity index (χ3v) is 8.07. The highest BCUT2D eigenvalue weighted by Gasteiger charge is 2.18. The first-order valence-corrected chi connectivity index (χ1v) is 15.0. The molecule has 1 N–H and O–H groups in total. The summed E-state index contributed by atoms with van der Waals surface area (Å²) < 4.78 is 2.21. The van der Waals surface area contributed by atoms with Crippen LogP contribution in [0.1, 0.15) is 71.7 Å². The van der Waals surface area contributed by atoms with Crippen molar-refractivity contribution in [1.29, 1.82) is 0 Å². The summed E-state index contributed by atoms with van der Waals surface area (Å²) in [6.45, 7) is 15.8. The number of benzene rings is 4. The maximum Gasteiger partial charge on any atom is 0.286 e. The highest BCUT2D eigenvalue weighted by Crippen LogP contribution is 2.36. The van der Waals surface area contributed by atoms with Crippen LogP contribution in [0.4, 0.5) is 0 Å². The third kappa shape index (κ3) is 6.38. The van der Waals surface area contributed by atoms with Gasteiger partial charge in [-0.2, -0.15) is 0 Å². The highest BCUT2D eigenvalue weighted by molar-refractivity contribution is 5.82. The zero-order chi connectivity index (χ0) is 29.4. The molecular weight excluding hydrogens is 496 g/mol. The molecule has 0 unspecified atom stereocenters. The van der Waals surface area contributed by atoms with E-state index in [1.54, 1.807) is 0 Å². The van der Waals surface area contributed by atoms with Gasteiger partial charge in [-0.1, -0.05) is 109 Å². The number of aromatic nitrogens is 2. The number of nitrogens with one attached hydrogen (secondary N) is 1. The Morgan fingerprint density at radius 1 is 0.561 bits per heavy atom.